The van der Waals surface area contributed by atoms with Crippen molar-refractivity contribution in [1.29, 1.82) is 0 Å². The minimum atomic E-state index is 0.155. The molecule has 2 aliphatic heterocycles. The molecule has 0 unspecified atom stereocenters. The van der Waals surface area contributed by atoms with Crippen LogP contribution in [-0.2, 0) is 0 Å². The van der Waals surface area contributed by atoms with Gasteiger partial charge in [-0.15, -0.1) is 11.8 Å². The Labute approximate surface area is 214 Å². The van der Waals surface area contributed by atoms with Crippen LogP contribution >= 0.6 is 11.8 Å². The van der Waals surface area contributed by atoms with Crippen LogP contribution in [0.1, 0.15) is 67.1 Å². The van der Waals surface area contributed by atoms with Crippen LogP contribution in [0.3, 0.4) is 0 Å². The maximum atomic E-state index is 10.2. The lowest BCUT2D eigenvalue weighted by molar-refractivity contribution is 0.248. The van der Waals surface area contributed by atoms with E-state index in [-0.39, 0.29) is 11.8 Å². The summed E-state index contributed by atoms with van der Waals surface area (Å²) in [4.78, 5) is 3.96. The van der Waals surface area contributed by atoms with Crippen molar-refractivity contribution in [3.63, 3.8) is 0 Å². The van der Waals surface area contributed by atoms with E-state index in [2.05, 4.69) is 59.5 Å². The molecule has 0 saturated carbocycles. The molecule has 0 bridgehead atoms. The summed E-state index contributed by atoms with van der Waals surface area (Å²) in [6, 6.07) is 25.2. The lowest BCUT2D eigenvalue weighted by Gasteiger charge is -2.34. The number of ether oxygens (including phenoxy) is 1. The molecule has 1 saturated heterocycles. The Bertz CT molecular complexity index is 1060. The fourth-order valence-corrected chi connectivity index (χ4v) is 6.48. The third kappa shape index (κ3) is 6.23. The standard InChI is InChI=1S/C31H37NO2S/c33-26-14-17-30-28(22-26)31(29(23-34-30)24-10-4-3-5-11-24)25-12-15-27(16-13-25)35-21-9-2-1-6-18-32-19-7-8-20-32/h3-5,10-17,22,29,31,33H,1-2,6-9,18-21,23H2/t29-,31-/m0/s1. The van der Waals surface area contributed by atoms with Crippen molar-refractivity contribution in [2.24, 2.45) is 0 Å². The first-order valence-corrected chi connectivity index (χ1v) is 14.2. The van der Waals surface area contributed by atoms with Gasteiger partial charge in [0.2, 0.25) is 0 Å². The summed E-state index contributed by atoms with van der Waals surface area (Å²) in [6.07, 6.45) is 8.11. The Morgan fingerprint density at radius 1 is 0.829 bits per heavy atom. The molecule has 0 spiro atoms. The zero-order valence-electron chi connectivity index (χ0n) is 20.6. The van der Waals surface area contributed by atoms with E-state index < -0.39 is 0 Å². The quantitative estimate of drug-likeness (QED) is 0.238. The molecule has 35 heavy (non-hydrogen) atoms. The number of rotatable bonds is 10. The molecular formula is C31H37NO2S. The molecule has 3 aromatic rings. The van der Waals surface area contributed by atoms with Crippen molar-refractivity contribution in [2.75, 3.05) is 32.0 Å². The topological polar surface area (TPSA) is 32.7 Å². The third-order valence-electron chi connectivity index (χ3n) is 7.45. The summed E-state index contributed by atoms with van der Waals surface area (Å²) in [5.41, 5.74) is 3.62. The molecule has 2 heterocycles. The van der Waals surface area contributed by atoms with Crippen molar-refractivity contribution < 1.29 is 9.84 Å². The number of thioether (sulfide) groups is 1. The molecule has 184 valence electrons. The van der Waals surface area contributed by atoms with Crippen molar-refractivity contribution in [3.05, 3.63) is 89.5 Å². The molecule has 1 fully saturated rings. The van der Waals surface area contributed by atoms with Gasteiger partial charge in [-0.25, -0.2) is 0 Å². The van der Waals surface area contributed by atoms with Gasteiger partial charge in [-0.2, -0.15) is 0 Å². The lowest BCUT2D eigenvalue weighted by atomic mass is 9.76. The van der Waals surface area contributed by atoms with E-state index in [1.165, 1.54) is 79.9 Å². The highest BCUT2D eigenvalue weighted by Gasteiger charge is 2.33. The third-order valence-corrected chi connectivity index (χ3v) is 8.55. The summed E-state index contributed by atoms with van der Waals surface area (Å²) in [7, 11) is 0. The summed E-state index contributed by atoms with van der Waals surface area (Å²) < 4.78 is 6.13. The van der Waals surface area contributed by atoms with Crippen LogP contribution in [0.2, 0.25) is 0 Å². The number of likely N-dealkylation sites (tertiary alicyclic amines) is 1. The second-order valence-electron chi connectivity index (χ2n) is 9.91. The number of phenols is 1. The van der Waals surface area contributed by atoms with Crippen LogP contribution in [-0.4, -0.2) is 42.0 Å². The number of hydrogen-bond donors (Lipinski definition) is 1. The molecule has 0 aliphatic carbocycles. The van der Waals surface area contributed by atoms with Gasteiger partial charge in [-0.05, 0) is 92.5 Å². The molecule has 3 aromatic carbocycles. The molecule has 2 aliphatic rings. The molecule has 3 nitrogen and oxygen atoms in total. The maximum absolute atomic E-state index is 10.2. The first-order chi connectivity index (χ1) is 17.3. The van der Waals surface area contributed by atoms with Gasteiger partial charge in [0.05, 0.1) is 6.61 Å². The van der Waals surface area contributed by atoms with Crippen LogP contribution in [0, 0.1) is 0 Å². The second-order valence-corrected chi connectivity index (χ2v) is 11.1. The molecule has 5 rings (SSSR count). The average molecular weight is 488 g/mol. The summed E-state index contributed by atoms with van der Waals surface area (Å²) in [5.74, 6) is 2.72. The Morgan fingerprint density at radius 2 is 1.60 bits per heavy atom. The van der Waals surface area contributed by atoms with Crippen LogP contribution in [0.4, 0.5) is 0 Å². The predicted octanol–water partition coefficient (Wildman–Crippen LogP) is 7.45. The molecular weight excluding hydrogens is 450 g/mol. The van der Waals surface area contributed by atoms with Gasteiger partial charge in [-0.3, -0.25) is 0 Å². The van der Waals surface area contributed by atoms with Crippen molar-refractivity contribution in [3.8, 4) is 11.5 Å². The van der Waals surface area contributed by atoms with E-state index in [1.807, 2.05) is 23.9 Å². The van der Waals surface area contributed by atoms with Gasteiger partial charge in [0.25, 0.3) is 0 Å². The smallest absolute Gasteiger partial charge is 0.123 e. The fourth-order valence-electron chi connectivity index (χ4n) is 5.56. The summed E-state index contributed by atoms with van der Waals surface area (Å²) >= 11 is 1.97. The van der Waals surface area contributed by atoms with E-state index >= 15 is 0 Å². The maximum Gasteiger partial charge on any atom is 0.123 e. The number of fused-ring (bicyclic) bond motifs is 1. The Hall–Kier alpha value is -2.43. The van der Waals surface area contributed by atoms with Gasteiger partial charge < -0.3 is 14.7 Å². The van der Waals surface area contributed by atoms with E-state index in [0.717, 1.165) is 11.3 Å². The molecule has 4 heteroatoms. The molecule has 1 N–H and O–H groups in total. The Kier molecular flexibility index (Phi) is 8.33. The van der Waals surface area contributed by atoms with E-state index in [9.17, 15) is 5.11 Å². The molecule has 2 atom stereocenters. The lowest BCUT2D eigenvalue weighted by Crippen LogP contribution is -2.25. The van der Waals surface area contributed by atoms with E-state index in [0.29, 0.717) is 12.4 Å². The van der Waals surface area contributed by atoms with Crippen LogP contribution in [0.25, 0.3) is 0 Å². The first-order valence-electron chi connectivity index (χ1n) is 13.2. The zero-order valence-corrected chi connectivity index (χ0v) is 21.4. The number of phenolic OH excluding ortho intramolecular Hbond substituents is 1. The molecule has 0 radical (unpaired) electrons. The summed E-state index contributed by atoms with van der Waals surface area (Å²) in [6.45, 7) is 4.57. The molecule has 0 aromatic heterocycles. The number of unbranched alkanes of at least 4 members (excludes halogenated alkanes) is 3. The fraction of sp³-hybridized carbons (Fsp3) is 0.419. The van der Waals surface area contributed by atoms with Gasteiger partial charge >= 0.3 is 0 Å². The number of aromatic hydroxyl groups is 1. The molecule has 0 amide bonds. The van der Waals surface area contributed by atoms with Crippen molar-refractivity contribution in [1.82, 2.24) is 4.90 Å². The first kappa shape index (κ1) is 24.3. The van der Waals surface area contributed by atoms with E-state index in [4.69, 9.17) is 4.74 Å². The van der Waals surface area contributed by atoms with Crippen LogP contribution < -0.4 is 4.74 Å². The number of hydrogen-bond acceptors (Lipinski definition) is 4. The predicted molar refractivity (Wildman–Crippen MR) is 146 cm³/mol. The minimum absolute atomic E-state index is 0.155. The SMILES string of the molecule is Oc1ccc2c(c1)[C@H](c1ccc(SCCCCCCN3CCCC3)cc1)[C@H](c1ccccc1)CO2. The van der Waals surface area contributed by atoms with Gasteiger partial charge in [-0.1, -0.05) is 55.3 Å². The van der Waals surface area contributed by atoms with Gasteiger partial charge in [0.1, 0.15) is 11.5 Å². The Balaban J connectivity index is 1.20. The highest BCUT2D eigenvalue weighted by atomic mass is 32.2. The summed E-state index contributed by atoms with van der Waals surface area (Å²) in [5, 5.41) is 10.2. The average Bonchev–Trinajstić information content (AvgIpc) is 3.42. The number of benzene rings is 3. The largest absolute Gasteiger partial charge is 0.508 e. The second kappa shape index (κ2) is 12.0. The zero-order chi connectivity index (χ0) is 23.9. The van der Waals surface area contributed by atoms with E-state index in [1.54, 1.807) is 6.07 Å². The highest BCUT2D eigenvalue weighted by molar-refractivity contribution is 7.99. The minimum Gasteiger partial charge on any atom is -0.508 e. The van der Waals surface area contributed by atoms with Crippen LogP contribution in [0.15, 0.2) is 77.7 Å². The van der Waals surface area contributed by atoms with Gasteiger partial charge in [0, 0.05) is 22.3 Å². The Morgan fingerprint density at radius 3 is 2.40 bits per heavy atom. The van der Waals surface area contributed by atoms with Gasteiger partial charge in [0.15, 0.2) is 0 Å². The normalized spacial score (nSPS) is 19.9. The van der Waals surface area contributed by atoms with Crippen LogP contribution in [0.5, 0.6) is 11.5 Å². The number of nitrogens with zero attached hydrogens (tertiary/aromatic N) is 1. The monoisotopic (exact) mass is 487 g/mol. The van der Waals surface area contributed by atoms with Crippen molar-refractivity contribution in [2.45, 2.75) is 55.3 Å². The van der Waals surface area contributed by atoms with Crippen molar-refractivity contribution >= 4 is 11.8 Å². The highest BCUT2D eigenvalue weighted by Crippen LogP contribution is 2.47.